The highest BCUT2D eigenvalue weighted by Gasteiger charge is 2.54. The molecular formula is C22H44N6O11. The molecule has 0 aromatic heterocycles. The summed E-state index contributed by atoms with van der Waals surface area (Å²) in [6.07, 6.45) is -14.1. The maximum Gasteiger partial charge on any atom is 0.249 e. The van der Waals surface area contributed by atoms with Gasteiger partial charge in [0.2, 0.25) is 5.91 Å². The van der Waals surface area contributed by atoms with Gasteiger partial charge in [-0.1, -0.05) is 0 Å². The van der Waals surface area contributed by atoms with Crippen molar-refractivity contribution in [3.8, 4) is 0 Å². The molecule has 3 rings (SSSR count). The normalized spacial score (nSPS) is 46.0. The monoisotopic (exact) mass is 568 g/mol. The molecule has 0 spiro atoms. The first-order valence-electron chi connectivity index (χ1n) is 13.0. The highest BCUT2D eigenvalue weighted by molar-refractivity contribution is 5.81. The van der Waals surface area contributed by atoms with E-state index < -0.39 is 98.1 Å². The van der Waals surface area contributed by atoms with Crippen molar-refractivity contribution in [2.75, 3.05) is 19.7 Å². The molecule has 0 aromatic rings. The van der Waals surface area contributed by atoms with E-state index in [1.807, 2.05) is 0 Å². The van der Waals surface area contributed by atoms with Crippen molar-refractivity contribution in [1.29, 1.82) is 0 Å². The Kier molecular flexibility index (Phi) is 11.8. The van der Waals surface area contributed by atoms with Crippen LogP contribution in [0.2, 0.25) is 0 Å². The number of rotatable bonds is 10. The van der Waals surface area contributed by atoms with E-state index >= 15 is 0 Å². The van der Waals surface area contributed by atoms with Gasteiger partial charge < -0.3 is 83.6 Å². The molecule has 0 bridgehead atoms. The van der Waals surface area contributed by atoms with Crippen LogP contribution in [0.3, 0.4) is 0 Å². The summed E-state index contributed by atoms with van der Waals surface area (Å²) in [4.78, 5) is 12.6. The number of aliphatic hydroxyl groups is 6. The van der Waals surface area contributed by atoms with Crippen LogP contribution < -0.4 is 34.0 Å². The van der Waals surface area contributed by atoms with Crippen LogP contribution in [0.25, 0.3) is 0 Å². The van der Waals surface area contributed by atoms with E-state index in [9.17, 15) is 35.4 Å². The largest absolute Gasteiger partial charge is 0.394 e. The number of carbonyl (C=O) groups excluding carboxylic acids is 1. The van der Waals surface area contributed by atoms with Crippen molar-refractivity contribution in [1.82, 2.24) is 5.32 Å². The van der Waals surface area contributed by atoms with E-state index in [-0.39, 0.29) is 25.6 Å². The molecule has 2 saturated heterocycles. The summed E-state index contributed by atoms with van der Waals surface area (Å²) in [5, 5.41) is 65.3. The Morgan fingerprint density at radius 2 is 1.56 bits per heavy atom. The minimum Gasteiger partial charge on any atom is -0.394 e. The first kappa shape index (κ1) is 32.4. The average Bonchev–Trinajstić information content (AvgIpc) is 2.92. The van der Waals surface area contributed by atoms with E-state index in [2.05, 4.69) is 5.32 Å². The number of hydrogen-bond acceptors (Lipinski definition) is 16. The average molecular weight is 569 g/mol. The molecule has 17 heteroatoms. The standard InChI is InChI=1S/C22H44N6O11/c23-4-3-9(30)20(35)28-13-15(32)12(27)18(38-21-8(25)2-1-7(5-24)36-21)17(34)19(13)39-22-16(33)11(26)14(31)10(6-29)37-22/h7-19,21-22,29-34H,1-6,23-27H2,(H,28,35)/t7?,8?,9-,10?,11?,12-,13?,14+,15?,16?,17?,18?,19-,21+,22+/m0/s1. The van der Waals surface area contributed by atoms with Crippen LogP contribution in [0.4, 0.5) is 0 Å². The minimum absolute atomic E-state index is 0.00387. The quantitative estimate of drug-likeness (QED) is 0.116. The van der Waals surface area contributed by atoms with Crippen LogP contribution in [0.15, 0.2) is 0 Å². The fourth-order valence-electron chi connectivity index (χ4n) is 5.03. The summed E-state index contributed by atoms with van der Waals surface area (Å²) in [5.41, 5.74) is 29.4. The third-order valence-electron chi connectivity index (χ3n) is 7.50. The van der Waals surface area contributed by atoms with Gasteiger partial charge in [0.25, 0.3) is 0 Å². The van der Waals surface area contributed by atoms with Crippen LogP contribution >= 0.6 is 0 Å². The highest BCUT2D eigenvalue weighted by atomic mass is 16.7. The molecule has 0 radical (unpaired) electrons. The number of hydrogen-bond donors (Lipinski definition) is 12. The van der Waals surface area contributed by atoms with Gasteiger partial charge in [-0.15, -0.1) is 0 Å². The van der Waals surface area contributed by atoms with E-state index in [1.54, 1.807) is 0 Å². The Morgan fingerprint density at radius 3 is 2.18 bits per heavy atom. The smallest absolute Gasteiger partial charge is 0.249 e. The van der Waals surface area contributed by atoms with Gasteiger partial charge in [0, 0.05) is 6.54 Å². The van der Waals surface area contributed by atoms with Gasteiger partial charge in [-0.25, -0.2) is 0 Å². The van der Waals surface area contributed by atoms with Crippen molar-refractivity contribution in [2.45, 2.75) is 111 Å². The molecule has 3 fully saturated rings. The molecule has 39 heavy (non-hydrogen) atoms. The molecule has 17 N–H and O–H groups in total. The van der Waals surface area contributed by atoms with Crippen molar-refractivity contribution in [3.63, 3.8) is 0 Å². The third kappa shape index (κ3) is 7.21. The van der Waals surface area contributed by atoms with Gasteiger partial charge in [0.05, 0.1) is 43.0 Å². The predicted octanol–water partition coefficient (Wildman–Crippen LogP) is -7.43. The summed E-state index contributed by atoms with van der Waals surface area (Å²) in [6.45, 7) is -0.469. The van der Waals surface area contributed by atoms with Crippen molar-refractivity contribution < 1.29 is 54.4 Å². The van der Waals surface area contributed by atoms with Crippen LogP contribution in [0.1, 0.15) is 19.3 Å². The first-order valence-corrected chi connectivity index (χ1v) is 13.0. The fourth-order valence-corrected chi connectivity index (χ4v) is 5.03. The zero-order chi connectivity index (χ0) is 29.0. The van der Waals surface area contributed by atoms with Crippen molar-refractivity contribution in [2.24, 2.45) is 28.7 Å². The summed E-state index contributed by atoms with van der Waals surface area (Å²) in [6, 6.07) is -4.65. The molecule has 2 aliphatic heterocycles. The Hall–Kier alpha value is -1.13. The Labute approximate surface area is 225 Å². The molecule has 228 valence electrons. The predicted molar refractivity (Wildman–Crippen MR) is 132 cm³/mol. The van der Waals surface area contributed by atoms with Crippen molar-refractivity contribution >= 4 is 5.91 Å². The van der Waals surface area contributed by atoms with Gasteiger partial charge in [-0.3, -0.25) is 4.79 Å². The van der Waals surface area contributed by atoms with E-state index in [4.69, 9.17) is 47.6 Å². The zero-order valence-electron chi connectivity index (χ0n) is 21.5. The summed E-state index contributed by atoms with van der Waals surface area (Å²) in [7, 11) is 0. The van der Waals surface area contributed by atoms with Crippen LogP contribution in [0.5, 0.6) is 0 Å². The van der Waals surface area contributed by atoms with Crippen LogP contribution in [0, 0.1) is 0 Å². The number of nitrogens with one attached hydrogen (secondary N) is 1. The van der Waals surface area contributed by atoms with E-state index in [0.29, 0.717) is 12.8 Å². The molecule has 17 nitrogen and oxygen atoms in total. The summed E-state index contributed by atoms with van der Waals surface area (Å²) in [5.74, 6) is -0.925. The molecule has 9 unspecified atom stereocenters. The lowest BCUT2D eigenvalue weighted by molar-refractivity contribution is -0.319. The van der Waals surface area contributed by atoms with Crippen LogP contribution in [-0.2, 0) is 23.7 Å². The third-order valence-corrected chi connectivity index (χ3v) is 7.50. The molecule has 1 amide bonds. The zero-order valence-corrected chi connectivity index (χ0v) is 21.5. The molecule has 3 aliphatic rings. The fraction of sp³-hybridized carbons (Fsp3) is 0.955. The lowest BCUT2D eigenvalue weighted by Gasteiger charge is -2.50. The molecule has 2 heterocycles. The second-order valence-electron chi connectivity index (χ2n) is 10.3. The number of aliphatic hydroxyl groups excluding tert-OH is 6. The van der Waals surface area contributed by atoms with Gasteiger partial charge in [-0.05, 0) is 25.8 Å². The summed E-state index contributed by atoms with van der Waals surface area (Å²) < 4.78 is 23.0. The highest BCUT2D eigenvalue weighted by Crippen LogP contribution is 2.31. The Bertz CT molecular complexity index is 787. The number of ether oxygens (including phenoxy) is 4. The summed E-state index contributed by atoms with van der Waals surface area (Å²) >= 11 is 0. The SMILES string of the molecule is NCC[C@H](O)C(=O)NC1C(O)[C@H](N)C(O[C@H]2OC(CN)CCC2N)C(O)[C@H]1O[C@H]1OC(CO)[C@@H](O)C(N)C1O. The maximum absolute atomic E-state index is 12.6. The number of amides is 1. The topological polar surface area (TPSA) is 317 Å². The molecular weight excluding hydrogens is 524 g/mol. The lowest BCUT2D eigenvalue weighted by Crippen LogP contribution is -2.74. The van der Waals surface area contributed by atoms with E-state index in [0.717, 1.165) is 0 Å². The molecule has 1 aliphatic carbocycles. The first-order chi connectivity index (χ1) is 18.4. The molecule has 1 saturated carbocycles. The van der Waals surface area contributed by atoms with Gasteiger partial charge >= 0.3 is 0 Å². The van der Waals surface area contributed by atoms with Crippen LogP contribution in [-0.4, -0.2) is 148 Å². The Morgan fingerprint density at radius 1 is 0.897 bits per heavy atom. The number of nitrogens with two attached hydrogens (primary N) is 5. The van der Waals surface area contributed by atoms with Gasteiger partial charge in [-0.2, -0.15) is 0 Å². The second-order valence-corrected chi connectivity index (χ2v) is 10.3. The maximum atomic E-state index is 12.6. The van der Waals surface area contributed by atoms with Crippen molar-refractivity contribution in [3.05, 3.63) is 0 Å². The molecule has 15 atom stereocenters. The van der Waals surface area contributed by atoms with Gasteiger partial charge in [0.15, 0.2) is 12.6 Å². The Balaban J connectivity index is 1.88. The molecule has 0 aromatic carbocycles. The number of carbonyl (C=O) groups is 1. The van der Waals surface area contributed by atoms with Gasteiger partial charge in [0.1, 0.15) is 42.7 Å². The minimum atomic E-state index is -1.68. The second kappa shape index (κ2) is 14.2. The van der Waals surface area contributed by atoms with E-state index in [1.165, 1.54) is 0 Å². The lowest BCUT2D eigenvalue weighted by atomic mass is 9.81.